The molecule has 2 atom stereocenters. The molecule has 1 aromatic carbocycles. The zero-order chi connectivity index (χ0) is 14.2. The van der Waals surface area contributed by atoms with Crippen molar-refractivity contribution in [1.29, 1.82) is 0 Å². The van der Waals surface area contributed by atoms with Crippen LogP contribution in [0.3, 0.4) is 0 Å². The summed E-state index contributed by atoms with van der Waals surface area (Å²) in [5.74, 6) is 1.48. The lowest BCUT2D eigenvalue weighted by molar-refractivity contribution is 0.311. The van der Waals surface area contributed by atoms with E-state index in [1.165, 1.54) is 11.1 Å². The van der Waals surface area contributed by atoms with Crippen LogP contribution in [0.15, 0.2) is 6.07 Å². The minimum Gasteiger partial charge on any atom is -0.496 e. The Morgan fingerprint density at radius 2 is 2.11 bits per heavy atom. The van der Waals surface area contributed by atoms with Gasteiger partial charge in [-0.2, -0.15) is 0 Å². The summed E-state index contributed by atoms with van der Waals surface area (Å²) >= 11 is 6.34. The molecule has 1 aliphatic rings. The molecule has 1 saturated heterocycles. The first-order chi connectivity index (χ1) is 8.99. The van der Waals surface area contributed by atoms with E-state index < -0.39 is 0 Å². The van der Waals surface area contributed by atoms with Gasteiger partial charge in [0.2, 0.25) is 0 Å². The number of rotatable bonds is 3. The highest BCUT2D eigenvalue weighted by molar-refractivity contribution is 6.31. The number of hydrogen-bond donors (Lipinski definition) is 1. The second-order valence-corrected chi connectivity index (χ2v) is 5.93. The summed E-state index contributed by atoms with van der Waals surface area (Å²) in [5, 5.41) is 0.780. The van der Waals surface area contributed by atoms with Gasteiger partial charge in [0, 0.05) is 23.2 Å². The van der Waals surface area contributed by atoms with Gasteiger partial charge >= 0.3 is 0 Å². The molecule has 106 valence electrons. The van der Waals surface area contributed by atoms with E-state index in [1.54, 1.807) is 7.11 Å². The van der Waals surface area contributed by atoms with Crippen molar-refractivity contribution in [2.75, 3.05) is 27.2 Å². The molecule has 2 N–H and O–H groups in total. The maximum Gasteiger partial charge on any atom is 0.126 e. The van der Waals surface area contributed by atoms with Crippen LogP contribution < -0.4 is 10.5 Å². The fraction of sp³-hybridized carbons (Fsp3) is 0.600. The molecule has 3 nitrogen and oxygen atoms in total. The van der Waals surface area contributed by atoms with E-state index in [0.29, 0.717) is 12.0 Å². The number of hydrogen-bond acceptors (Lipinski definition) is 3. The molecule has 4 heteroatoms. The Balaban J connectivity index is 2.43. The van der Waals surface area contributed by atoms with Crippen LogP contribution in [-0.2, 0) is 0 Å². The average Bonchev–Trinajstić information content (AvgIpc) is 2.76. The fourth-order valence-corrected chi connectivity index (χ4v) is 3.37. The molecule has 1 fully saturated rings. The van der Waals surface area contributed by atoms with E-state index in [1.807, 2.05) is 6.92 Å². The standard InChI is InChI=1S/C15H23ClN2O/c1-9-12(6-13(16)10(2)15(9)19-4)14-5-11(7-17)8-18(14)3/h6,11,14H,5,7-8,17H2,1-4H3. The first-order valence-corrected chi connectivity index (χ1v) is 7.11. The van der Waals surface area contributed by atoms with Crippen LogP contribution >= 0.6 is 11.6 Å². The SMILES string of the molecule is COc1c(C)c(Cl)cc(C2CC(CN)CN2C)c1C. The Kier molecular flexibility index (Phi) is 4.39. The summed E-state index contributed by atoms with van der Waals surface area (Å²) in [6.45, 7) is 5.91. The van der Waals surface area contributed by atoms with E-state index in [9.17, 15) is 0 Å². The Bertz CT molecular complexity index is 476. The van der Waals surface area contributed by atoms with E-state index in [0.717, 1.165) is 35.8 Å². The Morgan fingerprint density at radius 1 is 1.42 bits per heavy atom. The summed E-state index contributed by atoms with van der Waals surface area (Å²) in [7, 11) is 3.86. The van der Waals surface area contributed by atoms with Crippen LogP contribution in [0.5, 0.6) is 5.75 Å². The molecule has 0 amide bonds. The van der Waals surface area contributed by atoms with E-state index in [2.05, 4.69) is 24.9 Å². The average molecular weight is 283 g/mol. The topological polar surface area (TPSA) is 38.5 Å². The summed E-state index contributed by atoms with van der Waals surface area (Å²) in [4.78, 5) is 2.37. The summed E-state index contributed by atoms with van der Waals surface area (Å²) in [6, 6.07) is 2.48. The summed E-state index contributed by atoms with van der Waals surface area (Å²) in [6.07, 6.45) is 1.09. The lowest BCUT2D eigenvalue weighted by Crippen LogP contribution is -2.21. The minimum absolute atomic E-state index is 0.389. The van der Waals surface area contributed by atoms with Crippen molar-refractivity contribution in [3.05, 3.63) is 27.8 Å². The number of halogens is 1. The van der Waals surface area contributed by atoms with Gasteiger partial charge in [0.25, 0.3) is 0 Å². The van der Waals surface area contributed by atoms with Gasteiger partial charge in [-0.15, -0.1) is 0 Å². The van der Waals surface area contributed by atoms with E-state index in [4.69, 9.17) is 22.1 Å². The largest absolute Gasteiger partial charge is 0.496 e. The van der Waals surface area contributed by atoms with Crippen molar-refractivity contribution >= 4 is 11.6 Å². The number of nitrogens with two attached hydrogens (primary N) is 1. The molecule has 1 aliphatic heterocycles. The third kappa shape index (κ3) is 2.60. The number of nitrogens with zero attached hydrogens (tertiary/aromatic N) is 1. The maximum atomic E-state index is 6.34. The highest BCUT2D eigenvalue weighted by Crippen LogP contribution is 2.41. The molecular formula is C15H23ClN2O. The molecule has 0 bridgehead atoms. The lowest BCUT2D eigenvalue weighted by atomic mass is 9.94. The number of methoxy groups -OCH3 is 1. The molecule has 0 aliphatic carbocycles. The molecule has 1 heterocycles. The molecule has 0 radical (unpaired) electrons. The number of benzene rings is 1. The first-order valence-electron chi connectivity index (χ1n) is 6.73. The Morgan fingerprint density at radius 3 is 2.63 bits per heavy atom. The van der Waals surface area contributed by atoms with Crippen LogP contribution in [0.4, 0.5) is 0 Å². The third-order valence-corrected chi connectivity index (χ3v) is 4.68. The molecule has 0 spiro atoms. The molecule has 2 unspecified atom stereocenters. The van der Waals surface area contributed by atoms with Gasteiger partial charge in [0.05, 0.1) is 7.11 Å². The van der Waals surface area contributed by atoms with Gasteiger partial charge in [-0.1, -0.05) is 11.6 Å². The quantitative estimate of drug-likeness (QED) is 0.926. The Hall–Kier alpha value is -0.770. The van der Waals surface area contributed by atoms with Gasteiger partial charge in [-0.05, 0) is 57.0 Å². The third-order valence-electron chi connectivity index (χ3n) is 4.29. The Labute approximate surface area is 120 Å². The highest BCUT2D eigenvalue weighted by Gasteiger charge is 2.31. The molecule has 1 aromatic rings. The van der Waals surface area contributed by atoms with Gasteiger partial charge in [0.15, 0.2) is 0 Å². The smallest absolute Gasteiger partial charge is 0.126 e. The monoisotopic (exact) mass is 282 g/mol. The highest BCUT2D eigenvalue weighted by atomic mass is 35.5. The molecule has 2 rings (SSSR count). The fourth-order valence-electron chi connectivity index (χ4n) is 3.17. The van der Waals surface area contributed by atoms with E-state index in [-0.39, 0.29) is 0 Å². The van der Waals surface area contributed by atoms with Gasteiger partial charge in [0.1, 0.15) is 5.75 Å². The lowest BCUT2D eigenvalue weighted by Gasteiger charge is -2.24. The van der Waals surface area contributed by atoms with Crippen molar-refractivity contribution in [2.24, 2.45) is 11.7 Å². The second kappa shape index (κ2) is 5.70. The van der Waals surface area contributed by atoms with Crippen molar-refractivity contribution in [3.63, 3.8) is 0 Å². The predicted octanol–water partition coefficient (Wildman–Crippen LogP) is 2.92. The minimum atomic E-state index is 0.389. The number of ether oxygens (including phenoxy) is 1. The van der Waals surface area contributed by atoms with Crippen molar-refractivity contribution in [3.8, 4) is 5.75 Å². The van der Waals surface area contributed by atoms with Crippen LogP contribution in [0.25, 0.3) is 0 Å². The normalized spacial score (nSPS) is 23.9. The zero-order valence-electron chi connectivity index (χ0n) is 12.2. The predicted molar refractivity (Wildman–Crippen MR) is 80.0 cm³/mol. The molecule has 0 aromatic heterocycles. The molecule has 0 saturated carbocycles. The van der Waals surface area contributed by atoms with Crippen molar-refractivity contribution < 1.29 is 4.74 Å². The van der Waals surface area contributed by atoms with Gasteiger partial charge in [-0.25, -0.2) is 0 Å². The van der Waals surface area contributed by atoms with Gasteiger partial charge < -0.3 is 10.5 Å². The van der Waals surface area contributed by atoms with Crippen molar-refractivity contribution in [2.45, 2.75) is 26.3 Å². The summed E-state index contributed by atoms with van der Waals surface area (Å²) in [5.41, 5.74) is 9.29. The number of likely N-dealkylation sites (tertiary alicyclic amines) is 1. The zero-order valence-corrected chi connectivity index (χ0v) is 12.9. The van der Waals surface area contributed by atoms with Crippen LogP contribution in [0.1, 0.15) is 29.2 Å². The second-order valence-electron chi connectivity index (χ2n) is 5.52. The van der Waals surface area contributed by atoms with Crippen LogP contribution in [-0.4, -0.2) is 32.1 Å². The van der Waals surface area contributed by atoms with Crippen LogP contribution in [0, 0.1) is 19.8 Å². The van der Waals surface area contributed by atoms with Crippen LogP contribution in [0.2, 0.25) is 5.02 Å². The van der Waals surface area contributed by atoms with Gasteiger partial charge in [-0.3, -0.25) is 4.90 Å². The molecular weight excluding hydrogens is 260 g/mol. The molecule has 19 heavy (non-hydrogen) atoms. The van der Waals surface area contributed by atoms with Crippen molar-refractivity contribution in [1.82, 2.24) is 4.90 Å². The van der Waals surface area contributed by atoms with E-state index >= 15 is 0 Å². The first kappa shape index (κ1) is 14.6. The maximum absolute atomic E-state index is 6.34. The summed E-state index contributed by atoms with van der Waals surface area (Å²) < 4.78 is 5.52.